The van der Waals surface area contributed by atoms with E-state index >= 15 is 0 Å². The first kappa shape index (κ1) is 28.8. The highest BCUT2D eigenvalue weighted by molar-refractivity contribution is 6.20. The van der Waals surface area contributed by atoms with E-state index in [0.29, 0.717) is 0 Å². The first-order chi connectivity index (χ1) is 24.6. The number of aromatic nitrogens is 1. The van der Waals surface area contributed by atoms with Gasteiger partial charge < -0.3 is 4.57 Å². The summed E-state index contributed by atoms with van der Waals surface area (Å²) in [7, 11) is 0. The molecule has 0 unspecified atom stereocenters. The molecule has 0 spiro atoms. The number of nitrogens with zero attached hydrogens (tertiary/aromatic N) is 1. The van der Waals surface area contributed by atoms with Crippen LogP contribution in [-0.4, -0.2) is 4.57 Å². The lowest BCUT2D eigenvalue weighted by atomic mass is 9.82. The van der Waals surface area contributed by atoms with Crippen molar-refractivity contribution in [1.82, 2.24) is 4.57 Å². The van der Waals surface area contributed by atoms with Crippen LogP contribution >= 0.6 is 0 Å². The molecule has 50 heavy (non-hydrogen) atoms. The molecule has 1 nitrogen and oxygen atoms in total. The maximum Gasteiger partial charge on any atom is 0.0547 e. The molecule has 9 aromatic rings. The minimum Gasteiger partial charge on any atom is -0.309 e. The molecule has 1 heterocycles. The van der Waals surface area contributed by atoms with Crippen LogP contribution in [0.3, 0.4) is 0 Å². The molecule has 8 aromatic carbocycles. The highest BCUT2D eigenvalue weighted by atomic mass is 15.0. The maximum atomic E-state index is 2.46. The van der Waals surface area contributed by atoms with Gasteiger partial charge in [-0.05, 0) is 109 Å². The van der Waals surface area contributed by atoms with Crippen molar-refractivity contribution in [1.29, 1.82) is 0 Å². The Morgan fingerprint density at radius 2 is 0.900 bits per heavy atom. The van der Waals surface area contributed by atoms with E-state index in [1.807, 2.05) is 0 Å². The third-order valence-corrected chi connectivity index (χ3v) is 11.0. The Labute approximate surface area is 292 Å². The maximum absolute atomic E-state index is 2.46. The average molecular weight is 638 g/mol. The zero-order valence-corrected chi connectivity index (χ0v) is 28.2. The van der Waals surface area contributed by atoms with Crippen LogP contribution in [0.25, 0.3) is 82.8 Å². The molecule has 10 rings (SSSR count). The molecule has 0 aliphatic heterocycles. The third-order valence-electron chi connectivity index (χ3n) is 11.0. The summed E-state index contributed by atoms with van der Waals surface area (Å²) in [6.07, 6.45) is 0. The molecule has 0 saturated heterocycles. The van der Waals surface area contributed by atoms with Gasteiger partial charge in [-0.15, -0.1) is 0 Å². The Hall–Kier alpha value is -6.18. The smallest absolute Gasteiger partial charge is 0.0547 e. The van der Waals surface area contributed by atoms with Crippen molar-refractivity contribution in [2.24, 2.45) is 0 Å². The second-order valence-corrected chi connectivity index (χ2v) is 14.1. The fraction of sp³-hybridized carbons (Fsp3) is 0.0612. The fourth-order valence-corrected chi connectivity index (χ4v) is 8.52. The van der Waals surface area contributed by atoms with Gasteiger partial charge in [0.25, 0.3) is 0 Å². The Morgan fingerprint density at radius 3 is 1.56 bits per heavy atom. The van der Waals surface area contributed by atoms with Gasteiger partial charge in [-0.25, -0.2) is 0 Å². The minimum atomic E-state index is -0.0827. The molecule has 0 amide bonds. The summed E-state index contributed by atoms with van der Waals surface area (Å²) >= 11 is 0. The van der Waals surface area contributed by atoms with Crippen molar-refractivity contribution in [3.63, 3.8) is 0 Å². The average Bonchev–Trinajstić information content (AvgIpc) is 3.64. The van der Waals surface area contributed by atoms with E-state index < -0.39 is 0 Å². The topological polar surface area (TPSA) is 4.93 Å². The molecule has 236 valence electrons. The van der Waals surface area contributed by atoms with Crippen molar-refractivity contribution < 1.29 is 0 Å². The first-order valence-corrected chi connectivity index (χ1v) is 17.5. The molecule has 1 aromatic heterocycles. The SMILES string of the molecule is CC1(C)c2ccc3ccccc3c2-c2c1ccc1c2c2ccccc2n1-c1ccc(-c2cc(-c3ccccc3)cc(-c3ccccc3)c2)cc1. The highest BCUT2D eigenvalue weighted by Crippen LogP contribution is 2.55. The molecule has 1 aliphatic carbocycles. The van der Waals surface area contributed by atoms with Crippen molar-refractivity contribution in [3.8, 4) is 50.2 Å². The van der Waals surface area contributed by atoms with E-state index in [2.05, 4.69) is 194 Å². The number of rotatable bonds is 4. The lowest BCUT2D eigenvalue weighted by molar-refractivity contribution is 0.661. The van der Waals surface area contributed by atoms with Gasteiger partial charge in [-0.2, -0.15) is 0 Å². The number of benzene rings is 8. The number of hydrogen-bond acceptors (Lipinski definition) is 0. The zero-order valence-electron chi connectivity index (χ0n) is 28.2. The normalized spacial score (nSPS) is 13.2. The van der Waals surface area contributed by atoms with Crippen LogP contribution in [0.1, 0.15) is 25.0 Å². The Bertz CT molecular complexity index is 2690. The lowest BCUT2D eigenvalue weighted by Gasteiger charge is -2.21. The molecule has 0 fully saturated rings. The van der Waals surface area contributed by atoms with E-state index in [4.69, 9.17) is 0 Å². The molecule has 0 saturated carbocycles. The second-order valence-electron chi connectivity index (χ2n) is 14.1. The van der Waals surface area contributed by atoms with E-state index in [0.717, 1.165) is 5.69 Å². The second kappa shape index (κ2) is 10.9. The summed E-state index contributed by atoms with van der Waals surface area (Å²) < 4.78 is 2.46. The summed E-state index contributed by atoms with van der Waals surface area (Å²) in [5, 5.41) is 5.26. The molecule has 1 heteroatoms. The predicted octanol–water partition coefficient (Wildman–Crippen LogP) is 13.2. The van der Waals surface area contributed by atoms with E-state index in [-0.39, 0.29) is 5.41 Å². The number of para-hydroxylation sites is 1. The third kappa shape index (κ3) is 4.27. The van der Waals surface area contributed by atoms with Gasteiger partial charge >= 0.3 is 0 Å². The van der Waals surface area contributed by atoms with Crippen molar-refractivity contribution >= 4 is 32.6 Å². The van der Waals surface area contributed by atoms with Gasteiger partial charge in [0.1, 0.15) is 0 Å². The van der Waals surface area contributed by atoms with Crippen LogP contribution in [-0.2, 0) is 5.41 Å². The van der Waals surface area contributed by atoms with E-state index in [9.17, 15) is 0 Å². The van der Waals surface area contributed by atoms with Gasteiger partial charge in [-0.3, -0.25) is 0 Å². The standard InChI is InChI=1S/C49H35N/c1-49(2)42-26-23-35-17-9-10-18-40(35)46(42)48-43(49)27-28-45-47(48)41-19-11-12-20-44(41)50(45)39-24-21-34(22-25-39)38-30-36(32-13-5-3-6-14-32)29-37(31-38)33-15-7-4-8-16-33/h3-31H,1-2H3. The van der Waals surface area contributed by atoms with Gasteiger partial charge in [0.05, 0.1) is 11.0 Å². The van der Waals surface area contributed by atoms with Gasteiger partial charge in [0.15, 0.2) is 0 Å². The summed E-state index contributed by atoms with van der Waals surface area (Å²) in [5.74, 6) is 0. The monoisotopic (exact) mass is 637 g/mol. The van der Waals surface area contributed by atoms with Crippen molar-refractivity contribution in [2.45, 2.75) is 19.3 Å². The molecular weight excluding hydrogens is 603 g/mol. The van der Waals surface area contributed by atoms with Gasteiger partial charge in [-0.1, -0.05) is 147 Å². The number of hydrogen-bond donors (Lipinski definition) is 0. The molecule has 0 bridgehead atoms. The van der Waals surface area contributed by atoms with E-state index in [1.165, 1.54) is 88.2 Å². The van der Waals surface area contributed by atoms with Crippen LogP contribution in [0.2, 0.25) is 0 Å². The summed E-state index contributed by atoms with van der Waals surface area (Å²) in [5.41, 5.74) is 16.4. The predicted molar refractivity (Wildman–Crippen MR) is 212 cm³/mol. The summed E-state index contributed by atoms with van der Waals surface area (Å²) in [4.78, 5) is 0. The molecule has 0 radical (unpaired) electrons. The van der Waals surface area contributed by atoms with Crippen LogP contribution < -0.4 is 0 Å². The molecular formula is C49H35N. The summed E-state index contributed by atoms with van der Waals surface area (Å²) in [6, 6.07) is 64.7. The Morgan fingerprint density at radius 1 is 0.380 bits per heavy atom. The van der Waals surface area contributed by atoms with Crippen LogP contribution in [0, 0.1) is 0 Å². The largest absolute Gasteiger partial charge is 0.309 e. The van der Waals surface area contributed by atoms with Crippen molar-refractivity contribution in [2.75, 3.05) is 0 Å². The number of fused-ring (bicyclic) bond motifs is 9. The van der Waals surface area contributed by atoms with Crippen LogP contribution in [0.15, 0.2) is 176 Å². The van der Waals surface area contributed by atoms with Crippen LogP contribution in [0.4, 0.5) is 0 Å². The summed E-state index contributed by atoms with van der Waals surface area (Å²) in [6.45, 7) is 4.76. The quantitative estimate of drug-likeness (QED) is 0.181. The lowest BCUT2D eigenvalue weighted by Crippen LogP contribution is -2.14. The first-order valence-electron chi connectivity index (χ1n) is 17.5. The molecule has 0 N–H and O–H groups in total. The minimum absolute atomic E-state index is 0.0827. The fourth-order valence-electron chi connectivity index (χ4n) is 8.52. The Balaban J connectivity index is 1.16. The van der Waals surface area contributed by atoms with Gasteiger partial charge in [0, 0.05) is 21.9 Å². The van der Waals surface area contributed by atoms with E-state index in [1.54, 1.807) is 0 Å². The van der Waals surface area contributed by atoms with Gasteiger partial charge in [0.2, 0.25) is 0 Å². The molecule has 0 atom stereocenters. The highest BCUT2D eigenvalue weighted by Gasteiger charge is 2.38. The van der Waals surface area contributed by atoms with Crippen LogP contribution in [0.5, 0.6) is 0 Å². The molecule has 1 aliphatic rings. The Kier molecular flexibility index (Phi) is 6.29. The zero-order chi connectivity index (χ0) is 33.4. The van der Waals surface area contributed by atoms with Crippen molar-refractivity contribution in [3.05, 3.63) is 187 Å².